The standard InChI is InChI=1S/C25H36N6O7/c1-13(2)8-19(29-22(34)18(26)9-15-4-6-17(33)7-5-15)23(35)31-21(14(3)32)24(36)30-20(25(37)38)10-16-11-27-12-28-16/h4-7,11-14,18-21,32-33H,8-10,26H2,1-3H3,(H,27,28)(H,29,34)(H,30,36)(H,31,35)(H,37,38). The first-order valence-corrected chi connectivity index (χ1v) is 12.2. The number of H-pyrrole nitrogens is 1. The summed E-state index contributed by atoms with van der Waals surface area (Å²) in [6.07, 6.45) is 1.71. The van der Waals surface area contributed by atoms with E-state index in [0.29, 0.717) is 11.3 Å². The normalized spacial score (nSPS) is 15.1. The maximum Gasteiger partial charge on any atom is 0.326 e. The average Bonchev–Trinajstić information content (AvgIpc) is 3.35. The maximum atomic E-state index is 13.1. The number of imidazole rings is 1. The molecule has 38 heavy (non-hydrogen) atoms. The van der Waals surface area contributed by atoms with Crippen LogP contribution in [0.3, 0.4) is 0 Å². The number of carboxylic acid groups (broad SMARTS) is 1. The predicted molar refractivity (Wildman–Crippen MR) is 137 cm³/mol. The van der Waals surface area contributed by atoms with E-state index in [0.717, 1.165) is 0 Å². The van der Waals surface area contributed by atoms with Crippen molar-refractivity contribution in [3.8, 4) is 5.75 Å². The molecule has 5 unspecified atom stereocenters. The Balaban J connectivity index is 2.08. The Morgan fingerprint density at radius 1 is 0.947 bits per heavy atom. The van der Waals surface area contributed by atoms with E-state index in [9.17, 15) is 34.5 Å². The fourth-order valence-corrected chi connectivity index (χ4v) is 3.70. The highest BCUT2D eigenvalue weighted by Crippen LogP contribution is 2.12. The van der Waals surface area contributed by atoms with Crippen molar-refractivity contribution in [2.24, 2.45) is 11.7 Å². The van der Waals surface area contributed by atoms with Crippen molar-refractivity contribution in [1.29, 1.82) is 0 Å². The molecule has 3 amide bonds. The molecule has 0 radical (unpaired) electrons. The number of aliphatic hydroxyl groups excluding tert-OH is 1. The van der Waals surface area contributed by atoms with Crippen molar-refractivity contribution in [3.63, 3.8) is 0 Å². The Morgan fingerprint density at radius 3 is 2.11 bits per heavy atom. The topological polar surface area (TPSA) is 220 Å². The van der Waals surface area contributed by atoms with Gasteiger partial charge in [0.05, 0.1) is 18.5 Å². The molecular formula is C25H36N6O7. The van der Waals surface area contributed by atoms with Crippen LogP contribution in [-0.2, 0) is 32.0 Å². The summed E-state index contributed by atoms with van der Waals surface area (Å²) in [5, 5.41) is 36.5. The van der Waals surface area contributed by atoms with Gasteiger partial charge in [-0.25, -0.2) is 9.78 Å². The Kier molecular flexibility index (Phi) is 11.2. The van der Waals surface area contributed by atoms with Gasteiger partial charge in [-0.05, 0) is 43.4 Å². The highest BCUT2D eigenvalue weighted by Gasteiger charge is 2.33. The Bertz CT molecular complexity index is 1070. The summed E-state index contributed by atoms with van der Waals surface area (Å²) in [4.78, 5) is 57.0. The van der Waals surface area contributed by atoms with Crippen LogP contribution in [0.4, 0.5) is 0 Å². The number of aromatic amines is 1. The molecule has 0 bridgehead atoms. The zero-order valence-electron chi connectivity index (χ0n) is 21.5. The summed E-state index contributed by atoms with van der Waals surface area (Å²) in [6.45, 7) is 4.96. The van der Waals surface area contributed by atoms with Crippen LogP contribution in [0.25, 0.3) is 0 Å². The molecule has 1 heterocycles. The monoisotopic (exact) mass is 532 g/mol. The molecule has 0 saturated carbocycles. The predicted octanol–water partition coefficient (Wildman–Crippen LogP) is -0.806. The zero-order chi connectivity index (χ0) is 28.4. The number of phenols is 1. The fourth-order valence-electron chi connectivity index (χ4n) is 3.70. The van der Waals surface area contributed by atoms with Crippen molar-refractivity contribution in [3.05, 3.63) is 48.0 Å². The molecule has 0 spiro atoms. The van der Waals surface area contributed by atoms with Crippen molar-refractivity contribution in [2.45, 2.75) is 70.3 Å². The van der Waals surface area contributed by atoms with Gasteiger partial charge in [0.15, 0.2) is 0 Å². The number of hydrogen-bond donors (Lipinski definition) is 8. The number of aromatic nitrogens is 2. The number of nitrogens with one attached hydrogen (secondary N) is 4. The number of phenolic OH excluding ortho intramolecular Hbond substituents is 1. The van der Waals surface area contributed by atoms with Gasteiger partial charge in [-0.1, -0.05) is 26.0 Å². The molecule has 1 aromatic carbocycles. The van der Waals surface area contributed by atoms with Crippen LogP contribution in [0.2, 0.25) is 0 Å². The number of aliphatic hydroxyl groups is 1. The van der Waals surface area contributed by atoms with Crippen LogP contribution in [0.1, 0.15) is 38.4 Å². The average molecular weight is 533 g/mol. The lowest BCUT2D eigenvalue weighted by Gasteiger charge is -2.27. The molecule has 2 aromatic rings. The summed E-state index contributed by atoms with van der Waals surface area (Å²) in [7, 11) is 0. The molecule has 1 aromatic heterocycles. The first-order valence-electron chi connectivity index (χ1n) is 12.2. The number of aromatic hydroxyl groups is 1. The van der Waals surface area contributed by atoms with Gasteiger partial charge in [0.2, 0.25) is 17.7 Å². The summed E-state index contributed by atoms with van der Waals surface area (Å²) in [5.74, 6) is -3.49. The molecule has 13 heteroatoms. The minimum Gasteiger partial charge on any atom is -0.508 e. The molecular weight excluding hydrogens is 496 g/mol. The third kappa shape index (κ3) is 9.48. The number of amides is 3. The number of benzene rings is 1. The van der Waals surface area contributed by atoms with Crippen molar-refractivity contribution in [1.82, 2.24) is 25.9 Å². The van der Waals surface area contributed by atoms with E-state index in [-0.39, 0.29) is 30.9 Å². The molecule has 208 valence electrons. The van der Waals surface area contributed by atoms with Crippen LogP contribution in [-0.4, -0.2) is 79.2 Å². The minimum atomic E-state index is -1.48. The number of carbonyl (C=O) groups excluding carboxylic acids is 3. The lowest BCUT2D eigenvalue weighted by atomic mass is 10.0. The highest BCUT2D eigenvalue weighted by atomic mass is 16.4. The molecule has 0 saturated heterocycles. The number of hydrogen-bond acceptors (Lipinski definition) is 8. The van der Waals surface area contributed by atoms with Crippen molar-refractivity contribution in [2.75, 3.05) is 0 Å². The molecule has 5 atom stereocenters. The van der Waals surface area contributed by atoms with E-state index >= 15 is 0 Å². The van der Waals surface area contributed by atoms with Crippen LogP contribution < -0.4 is 21.7 Å². The number of nitrogens with two attached hydrogens (primary N) is 1. The van der Waals surface area contributed by atoms with E-state index in [2.05, 4.69) is 25.9 Å². The first-order chi connectivity index (χ1) is 17.9. The Morgan fingerprint density at radius 2 is 1.58 bits per heavy atom. The van der Waals surface area contributed by atoms with Crippen LogP contribution in [0, 0.1) is 5.92 Å². The Hall–Kier alpha value is -3.97. The van der Waals surface area contributed by atoms with E-state index in [1.54, 1.807) is 12.1 Å². The highest BCUT2D eigenvalue weighted by molar-refractivity contribution is 5.94. The largest absolute Gasteiger partial charge is 0.508 e. The molecule has 13 nitrogen and oxygen atoms in total. The second-order valence-electron chi connectivity index (χ2n) is 9.58. The maximum absolute atomic E-state index is 13.1. The van der Waals surface area contributed by atoms with Gasteiger partial charge in [-0.3, -0.25) is 14.4 Å². The van der Waals surface area contributed by atoms with Crippen LogP contribution in [0.5, 0.6) is 5.75 Å². The van der Waals surface area contributed by atoms with E-state index in [4.69, 9.17) is 5.73 Å². The van der Waals surface area contributed by atoms with Gasteiger partial charge in [0.25, 0.3) is 0 Å². The second-order valence-corrected chi connectivity index (χ2v) is 9.58. The molecule has 2 rings (SSSR count). The lowest BCUT2D eigenvalue weighted by molar-refractivity contribution is -0.143. The van der Waals surface area contributed by atoms with Gasteiger partial charge in [0, 0.05) is 18.3 Å². The smallest absolute Gasteiger partial charge is 0.326 e. The number of carboxylic acids is 1. The third-order valence-corrected chi connectivity index (χ3v) is 5.72. The SMILES string of the molecule is CC(C)CC(NC(=O)C(N)Cc1ccc(O)cc1)C(=O)NC(C(=O)NC(Cc1cnc[nH]1)C(=O)O)C(C)O. The van der Waals surface area contributed by atoms with Gasteiger partial charge >= 0.3 is 5.97 Å². The molecule has 0 aliphatic heterocycles. The molecule has 9 N–H and O–H groups in total. The molecule has 0 aliphatic carbocycles. The van der Waals surface area contributed by atoms with Gasteiger partial charge in [-0.2, -0.15) is 0 Å². The fraction of sp³-hybridized carbons (Fsp3) is 0.480. The first kappa shape index (κ1) is 30.3. The second kappa shape index (κ2) is 14.1. The van der Waals surface area contributed by atoms with Gasteiger partial charge in [0.1, 0.15) is 23.9 Å². The van der Waals surface area contributed by atoms with E-state index in [1.165, 1.54) is 31.6 Å². The molecule has 0 fully saturated rings. The molecule has 0 aliphatic rings. The van der Waals surface area contributed by atoms with Crippen LogP contribution in [0.15, 0.2) is 36.8 Å². The third-order valence-electron chi connectivity index (χ3n) is 5.72. The summed E-state index contributed by atoms with van der Waals surface area (Å²) in [6, 6.07) is 1.32. The van der Waals surface area contributed by atoms with E-state index in [1.807, 2.05) is 13.8 Å². The van der Waals surface area contributed by atoms with Crippen molar-refractivity contribution < 1.29 is 34.5 Å². The van der Waals surface area contributed by atoms with Gasteiger partial charge < -0.3 is 42.0 Å². The summed E-state index contributed by atoms with van der Waals surface area (Å²) < 4.78 is 0. The van der Waals surface area contributed by atoms with E-state index < -0.39 is 54.0 Å². The summed E-state index contributed by atoms with van der Waals surface area (Å²) >= 11 is 0. The zero-order valence-corrected chi connectivity index (χ0v) is 21.5. The summed E-state index contributed by atoms with van der Waals surface area (Å²) in [5.41, 5.74) is 7.21. The number of carbonyl (C=O) groups is 4. The van der Waals surface area contributed by atoms with Gasteiger partial charge in [-0.15, -0.1) is 0 Å². The quantitative estimate of drug-likeness (QED) is 0.152. The number of rotatable bonds is 14. The Labute approximate surface area is 220 Å². The lowest BCUT2D eigenvalue weighted by Crippen LogP contribution is -2.60. The van der Waals surface area contributed by atoms with Crippen LogP contribution >= 0.6 is 0 Å². The minimum absolute atomic E-state index is 0.0241. The number of nitrogens with zero attached hydrogens (tertiary/aromatic N) is 1. The number of aliphatic carboxylic acids is 1. The van der Waals surface area contributed by atoms with Crippen molar-refractivity contribution >= 4 is 23.7 Å².